The molecule has 1 aliphatic carbocycles. The molecule has 0 saturated carbocycles. The van der Waals surface area contributed by atoms with Gasteiger partial charge in [-0.05, 0) is 59.5 Å². The highest BCUT2D eigenvalue weighted by Crippen LogP contribution is 2.37. The number of aromatic nitrogens is 1. The van der Waals surface area contributed by atoms with Crippen LogP contribution in [0.15, 0.2) is 109 Å². The van der Waals surface area contributed by atoms with Crippen LogP contribution < -0.4 is 10.9 Å². The van der Waals surface area contributed by atoms with Crippen LogP contribution in [-0.4, -0.2) is 20.3 Å². The fraction of sp³-hybridized carbons (Fsp3) is 0.0667. The van der Waals surface area contributed by atoms with Crippen molar-refractivity contribution in [2.24, 2.45) is 0 Å². The minimum Gasteiger partial charge on any atom is -0.309 e. The third kappa shape index (κ3) is 3.54. The summed E-state index contributed by atoms with van der Waals surface area (Å²) in [5.41, 5.74) is 10.2. The van der Waals surface area contributed by atoms with E-state index in [0.29, 0.717) is 5.92 Å². The number of nitrogens with zero attached hydrogens (tertiary/aromatic N) is 1. The predicted molar refractivity (Wildman–Crippen MR) is 148 cm³/mol. The second-order valence-electron chi connectivity index (χ2n) is 9.21. The van der Waals surface area contributed by atoms with E-state index in [1.54, 1.807) is 0 Å². The van der Waals surface area contributed by atoms with E-state index >= 15 is 0 Å². The Morgan fingerprint density at radius 1 is 0.667 bits per heavy atom. The van der Waals surface area contributed by atoms with Crippen LogP contribution in [0.1, 0.15) is 17.9 Å². The summed E-state index contributed by atoms with van der Waals surface area (Å²) in [7, 11) is 4.36. The first-order chi connectivity index (χ1) is 16.2. The molecule has 6 rings (SSSR count). The van der Waals surface area contributed by atoms with E-state index in [-0.39, 0.29) is 0 Å². The summed E-state index contributed by atoms with van der Waals surface area (Å²) in [6.07, 6.45) is 9.96. The Balaban J connectivity index is 1.64. The zero-order valence-electron chi connectivity index (χ0n) is 19.1. The summed E-state index contributed by atoms with van der Waals surface area (Å²) in [6, 6.07) is 31.5. The Morgan fingerprint density at radius 2 is 1.39 bits per heavy atom. The van der Waals surface area contributed by atoms with Gasteiger partial charge in [0, 0.05) is 22.4 Å². The van der Waals surface area contributed by atoms with Crippen LogP contribution in [-0.2, 0) is 0 Å². The molecule has 33 heavy (non-hydrogen) atoms. The molecule has 0 fully saturated rings. The van der Waals surface area contributed by atoms with Crippen molar-refractivity contribution in [3.05, 3.63) is 115 Å². The molecule has 0 saturated heterocycles. The van der Waals surface area contributed by atoms with Crippen LogP contribution >= 0.6 is 0 Å². The van der Waals surface area contributed by atoms with E-state index in [0.717, 1.165) is 6.42 Å². The molecule has 0 spiro atoms. The number of rotatable bonds is 3. The molecule has 156 valence electrons. The van der Waals surface area contributed by atoms with Gasteiger partial charge in [0.2, 0.25) is 0 Å². The summed E-state index contributed by atoms with van der Waals surface area (Å²) in [4.78, 5) is 0. The van der Waals surface area contributed by atoms with Gasteiger partial charge in [0.25, 0.3) is 0 Å². The largest absolute Gasteiger partial charge is 0.309 e. The van der Waals surface area contributed by atoms with Crippen LogP contribution in [0.25, 0.3) is 38.6 Å². The number of benzene rings is 4. The van der Waals surface area contributed by atoms with Gasteiger partial charge < -0.3 is 4.57 Å². The molecular weight excluding hydrogens is 396 g/mol. The third-order valence-corrected chi connectivity index (χ3v) is 6.77. The number of hydrogen-bond acceptors (Lipinski definition) is 0. The lowest BCUT2D eigenvalue weighted by atomic mass is 9.87. The molecule has 3 heteroatoms. The molecule has 1 atom stereocenters. The van der Waals surface area contributed by atoms with E-state index in [1.165, 1.54) is 55.1 Å². The van der Waals surface area contributed by atoms with Crippen molar-refractivity contribution in [2.45, 2.75) is 12.3 Å². The van der Waals surface area contributed by atoms with Crippen LogP contribution in [0.3, 0.4) is 0 Å². The second kappa shape index (κ2) is 8.01. The van der Waals surface area contributed by atoms with Gasteiger partial charge in [0.05, 0.1) is 11.0 Å². The molecule has 1 nitrogen and oxygen atoms in total. The van der Waals surface area contributed by atoms with E-state index in [9.17, 15) is 0 Å². The van der Waals surface area contributed by atoms with E-state index in [4.69, 9.17) is 0 Å². The topological polar surface area (TPSA) is 4.93 Å². The minimum absolute atomic E-state index is 0.441. The van der Waals surface area contributed by atoms with Gasteiger partial charge in [-0.15, -0.1) is 0 Å². The Hall–Kier alpha value is -3.71. The molecule has 1 aliphatic rings. The standard InChI is InChI=1S/C30H25B2N/c31-24-17-25(32)19-26(18-24)33-29-13-11-22(20-7-3-1-4-8-20)15-27(29)28-16-23(12-14-30(28)33)21-9-5-2-6-10-21/h1-9,11-19,21H,10,31-32H2. The Labute approximate surface area is 196 Å². The van der Waals surface area contributed by atoms with E-state index in [1.807, 2.05) is 0 Å². The number of fused-ring (bicyclic) bond motifs is 3. The molecule has 0 aliphatic heterocycles. The first-order valence-corrected chi connectivity index (χ1v) is 11.7. The minimum atomic E-state index is 0.441. The van der Waals surface area contributed by atoms with Crippen molar-refractivity contribution in [1.29, 1.82) is 0 Å². The normalized spacial score (nSPS) is 15.5. The zero-order valence-corrected chi connectivity index (χ0v) is 19.1. The van der Waals surface area contributed by atoms with Crippen LogP contribution in [0.2, 0.25) is 0 Å². The molecule has 4 aromatic carbocycles. The van der Waals surface area contributed by atoms with Crippen molar-refractivity contribution in [3.63, 3.8) is 0 Å². The highest BCUT2D eigenvalue weighted by molar-refractivity contribution is 6.38. The molecule has 5 aromatic rings. The first-order valence-electron chi connectivity index (χ1n) is 11.7. The van der Waals surface area contributed by atoms with Crippen molar-refractivity contribution in [3.8, 4) is 16.8 Å². The van der Waals surface area contributed by atoms with Gasteiger partial charge in [0.15, 0.2) is 0 Å². The second-order valence-corrected chi connectivity index (χ2v) is 9.21. The predicted octanol–water partition coefficient (Wildman–Crippen LogP) is 4.57. The molecule has 0 radical (unpaired) electrons. The van der Waals surface area contributed by atoms with Crippen molar-refractivity contribution >= 4 is 48.4 Å². The first kappa shape index (κ1) is 19.9. The SMILES string of the molecule is Bc1cc(B)cc(-n2c3ccc(-c4ccccc4)cc3c3cc(C4C=CC=CC4)ccc32)c1. The molecule has 0 bridgehead atoms. The summed E-state index contributed by atoms with van der Waals surface area (Å²) in [5, 5.41) is 2.63. The number of allylic oxidation sites excluding steroid dienone is 4. The summed E-state index contributed by atoms with van der Waals surface area (Å²) in [6.45, 7) is 0. The quantitative estimate of drug-likeness (QED) is 0.377. The molecule has 0 N–H and O–H groups in total. The highest BCUT2D eigenvalue weighted by Gasteiger charge is 2.16. The Bertz CT molecular complexity index is 1540. The van der Waals surface area contributed by atoms with E-state index < -0.39 is 0 Å². The fourth-order valence-corrected chi connectivity index (χ4v) is 5.27. The number of hydrogen-bond donors (Lipinski definition) is 0. The summed E-state index contributed by atoms with van der Waals surface area (Å²) < 4.78 is 2.43. The molecular formula is C30H25B2N. The van der Waals surface area contributed by atoms with Gasteiger partial charge >= 0.3 is 0 Å². The van der Waals surface area contributed by atoms with Crippen LogP contribution in [0.4, 0.5) is 0 Å². The molecule has 0 amide bonds. The Kier molecular flexibility index (Phi) is 4.84. The van der Waals surface area contributed by atoms with Crippen molar-refractivity contribution in [1.82, 2.24) is 4.57 Å². The third-order valence-electron chi connectivity index (χ3n) is 6.77. The lowest BCUT2D eigenvalue weighted by molar-refractivity contribution is 0.855. The maximum absolute atomic E-state index is 2.43. The van der Waals surface area contributed by atoms with Crippen molar-refractivity contribution in [2.75, 3.05) is 0 Å². The van der Waals surface area contributed by atoms with Crippen LogP contribution in [0, 0.1) is 0 Å². The van der Waals surface area contributed by atoms with Crippen molar-refractivity contribution < 1.29 is 0 Å². The average Bonchev–Trinajstić information content (AvgIpc) is 3.17. The van der Waals surface area contributed by atoms with Gasteiger partial charge in [0.1, 0.15) is 15.7 Å². The summed E-state index contributed by atoms with van der Waals surface area (Å²) >= 11 is 0. The maximum Gasteiger partial charge on any atom is 0.139 e. The molecule has 1 aromatic heterocycles. The molecule has 1 unspecified atom stereocenters. The lowest BCUT2D eigenvalue weighted by Crippen LogP contribution is -2.15. The molecule has 1 heterocycles. The van der Waals surface area contributed by atoms with Gasteiger partial charge in [-0.3, -0.25) is 0 Å². The monoisotopic (exact) mass is 421 g/mol. The van der Waals surface area contributed by atoms with Gasteiger partial charge in [-0.1, -0.05) is 83.8 Å². The maximum atomic E-state index is 2.43. The van der Waals surface area contributed by atoms with Gasteiger partial charge in [-0.25, -0.2) is 0 Å². The lowest BCUT2D eigenvalue weighted by Gasteiger charge is -2.14. The smallest absolute Gasteiger partial charge is 0.139 e. The van der Waals surface area contributed by atoms with Gasteiger partial charge in [-0.2, -0.15) is 0 Å². The average molecular weight is 421 g/mol. The van der Waals surface area contributed by atoms with E-state index in [2.05, 4.69) is 129 Å². The zero-order chi connectivity index (χ0) is 22.4. The summed E-state index contributed by atoms with van der Waals surface area (Å²) in [5.74, 6) is 0.441. The Morgan fingerprint density at radius 3 is 2.12 bits per heavy atom. The van der Waals surface area contributed by atoms with Crippen LogP contribution in [0.5, 0.6) is 0 Å². The highest BCUT2D eigenvalue weighted by atomic mass is 15.0. The fourth-order valence-electron chi connectivity index (χ4n) is 5.27.